The molecule has 0 bridgehead atoms. The second-order valence-corrected chi connectivity index (χ2v) is 10.2. The molecular formula is C30H26F2N8OS. The summed E-state index contributed by atoms with van der Waals surface area (Å²) < 4.78 is 26.7. The lowest BCUT2D eigenvalue weighted by Gasteiger charge is -2.11. The maximum atomic E-state index is 13.5. The molecular weight excluding hydrogens is 558 g/mol. The van der Waals surface area contributed by atoms with E-state index in [1.165, 1.54) is 12.4 Å². The number of aromatic nitrogens is 3. The summed E-state index contributed by atoms with van der Waals surface area (Å²) in [4.78, 5) is 32.3. The first-order valence-electron chi connectivity index (χ1n) is 12.8. The second-order valence-electron chi connectivity index (χ2n) is 9.04. The molecule has 0 unspecified atom stereocenters. The number of hydrogen-bond acceptors (Lipinski definition) is 8. The number of nitrogens with one attached hydrogen (secondary N) is 3. The molecule has 0 atom stereocenters. The maximum Gasteiger partial charge on any atom is 0.255 e. The number of benzene rings is 2. The van der Waals surface area contributed by atoms with Gasteiger partial charge in [0.05, 0.1) is 17.6 Å². The standard InChI is InChI=1S/C30H26F2N8OS/c1-34-12-10-27(33)40-29-22-14-19(5-8-25(22)38-17-39-29)26-9-6-20(42-26)16-36-28-21(3-2-11-35-28)30(41)37-15-18-4-7-23(31)24(32)13-18/h2-14,17,34H,15-16H2,1H3,(H,35,36)(H,37,41)(H2,33,38,39,40)/b12-10-. The fourth-order valence-corrected chi connectivity index (χ4v) is 5.01. The zero-order chi connectivity index (χ0) is 29.5. The summed E-state index contributed by atoms with van der Waals surface area (Å²) in [7, 11) is 1.77. The Balaban J connectivity index is 1.29. The third-order valence-corrected chi connectivity index (χ3v) is 7.27. The highest BCUT2D eigenvalue weighted by atomic mass is 32.1. The molecule has 9 nitrogen and oxygen atoms in total. The van der Waals surface area contributed by atoms with E-state index in [1.54, 1.807) is 49.0 Å². The van der Waals surface area contributed by atoms with Gasteiger partial charge in [-0.3, -0.25) is 4.79 Å². The largest absolute Gasteiger partial charge is 0.394 e. The molecule has 0 radical (unpaired) electrons. The molecule has 0 spiro atoms. The van der Waals surface area contributed by atoms with Gasteiger partial charge in [-0.1, -0.05) is 12.1 Å². The quantitative estimate of drug-likeness (QED) is 0.130. The molecule has 0 saturated carbocycles. The van der Waals surface area contributed by atoms with Crippen LogP contribution in [0.25, 0.3) is 21.3 Å². The van der Waals surface area contributed by atoms with Crippen molar-refractivity contribution in [2.45, 2.75) is 13.1 Å². The number of pyridine rings is 1. The fourth-order valence-electron chi connectivity index (χ4n) is 4.07. The van der Waals surface area contributed by atoms with Gasteiger partial charge in [0.15, 0.2) is 17.5 Å². The minimum absolute atomic E-state index is 0.0434. The normalized spacial score (nSPS) is 11.6. The van der Waals surface area contributed by atoms with Crippen molar-refractivity contribution >= 4 is 45.6 Å². The number of nitrogens with two attached hydrogens (primary N) is 1. The van der Waals surface area contributed by atoms with E-state index < -0.39 is 11.6 Å². The Labute approximate surface area is 244 Å². The Morgan fingerprint density at radius 3 is 2.74 bits per heavy atom. The third kappa shape index (κ3) is 6.73. The first-order chi connectivity index (χ1) is 20.4. The Bertz CT molecular complexity index is 1800. The van der Waals surface area contributed by atoms with E-state index in [0.29, 0.717) is 35.1 Å². The van der Waals surface area contributed by atoms with Crippen LogP contribution in [-0.4, -0.2) is 33.7 Å². The average molecular weight is 585 g/mol. The van der Waals surface area contributed by atoms with Gasteiger partial charge in [0, 0.05) is 34.9 Å². The molecule has 0 aliphatic heterocycles. The van der Waals surface area contributed by atoms with Crippen LogP contribution in [0, 0.1) is 11.6 Å². The van der Waals surface area contributed by atoms with Crippen molar-refractivity contribution in [2.75, 3.05) is 12.4 Å². The number of fused-ring (bicyclic) bond motifs is 1. The molecule has 5 rings (SSSR count). The first kappa shape index (κ1) is 28.3. The zero-order valence-electron chi connectivity index (χ0n) is 22.4. The molecule has 3 heterocycles. The number of thiophene rings is 1. The predicted octanol–water partition coefficient (Wildman–Crippen LogP) is 5.30. The lowest BCUT2D eigenvalue weighted by Crippen LogP contribution is -2.24. The number of nitrogens with zero attached hydrogens (tertiary/aromatic N) is 4. The van der Waals surface area contributed by atoms with Gasteiger partial charge in [0.25, 0.3) is 5.91 Å². The van der Waals surface area contributed by atoms with Crippen LogP contribution >= 0.6 is 11.3 Å². The Morgan fingerprint density at radius 2 is 1.90 bits per heavy atom. The van der Waals surface area contributed by atoms with Gasteiger partial charge in [0.2, 0.25) is 0 Å². The Morgan fingerprint density at radius 1 is 1.02 bits per heavy atom. The van der Waals surface area contributed by atoms with Crippen LogP contribution in [0.1, 0.15) is 20.8 Å². The highest BCUT2D eigenvalue weighted by molar-refractivity contribution is 7.15. The third-order valence-electron chi connectivity index (χ3n) is 6.14. The van der Waals surface area contributed by atoms with E-state index in [9.17, 15) is 13.6 Å². The van der Waals surface area contributed by atoms with Gasteiger partial charge in [0.1, 0.15) is 18.0 Å². The number of hydrogen-bond donors (Lipinski definition) is 4. The van der Waals surface area contributed by atoms with Crippen molar-refractivity contribution in [1.29, 1.82) is 0 Å². The summed E-state index contributed by atoms with van der Waals surface area (Å²) in [6, 6.07) is 16.7. The summed E-state index contributed by atoms with van der Waals surface area (Å²) >= 11 is 1.59. The van der Waals surface area contributed by atoms with Gasteiger partial charge in [-0.05, 0) is 71.9 Å². The molecule has 0 aliphatic carbocycles. The van der Waals surface area contributed by atoms with Crippen molar-refractivity contribution < 1.29 is 13.6 Å². The monoisotopic (exact) mass is 584 g/mol. The molecule has 42 heavy (non-hydrogen) atoms. The first-order valence-corrected chi connectivity index (χ1v) is 13.7. The van der Waals surface area contributed by atoms with Gasteiger partial charge in [-0.25, -0.2) is 28.7 Å². The van der Waals surface area contributed by atoms with E-state index in [2.05, 4.69) is 35.9 Å². The van der Waals surface area contributed by atoms with E-state index in [1.807, 2.05) is 30.3 Å². The summed E-state index contributed by atoms with van der Waals surface area (Å²) in [6.45, 7) is 0.480. The number of amidine groups is 1. The summed E-state index contributed by atoms with van der Waals surface area (Å²) in [5.41, 5.74) is 8.51. The molecule has 0 saturated heterocycles. The summed E-state index contributed by atoms with van der Waals surface area (Å²) in [5.74, 6) is -1.09. The maximum absolute atomic E-state index is 13.5. The van der Waals surface area contributed by atoms with Crippen molar-refractivity contribution in [3.63, 3.8) is 0 Å². The lowest BCUT2D eigenvalue weighted by atomic mass is 10.1. The number of carbonyl (C=O) groups is 1. The zero-order valence-corrected chi connectivity index (χ0v) is 23.3. The topological polar surface area (TPSA) is 130 Å². The van der Waals surface area contributed by atoms with Crippen LogP contribution in [0.3, 0.4) is 0 Å². The smallest absolute Gasteiger partial charge is 0.255 e. The molecule has 0 aliphatic rings. The summed E-state index contributed by atoms with van der Waals surface area (Å²) in [5, 5.41) is 9.61. The van der Waals surface area contributed by atoms with E-state index in [4.69, 9.17) is 5.73 Å². The van der Waals surface area contributed by atoms with Crippen LogP contribution in [0.2, 0.25) is 0 Å². The number of halogens is 2. The molecule has 1 amide bonds. The van der Waals surface area contributed by atoms with Crippen LogP contribution in [0.15, 0.2) is 90.5 Å². The van der Waals surface area contributed by atoms with Crippen molar-refractivity contribution in [2.24, 2.45) is 10.7 Å². The molecule has 5 N–H and O–H groups in total. The number of aliphatic imine (C=N–C) groups is 1. The molecule has 212 valence electrons. The minimum Gasteiger partial charge on any atom is -0.394 e. The van der Waals surface area contributed by atoms with Gasteiger partial charge < -0.3 is 21.7 Å². The number of rotatable bonds is 10. The number of carbonyl (C=O) groups excluding carboxylic acids is 1. The summed E-state index contributed by atoms with van der Waals surface area (Å²) in [6.07, 6.45) is 6.39. The van der Waals surface area contributed by atoms with Crippen molar-refractivity contribution in [1.82, 2.24) is 25.6 Å². The van der Waals surface area contributed by atoms with Crippen LogP contribution in [0.5, 0.6) is 0 Å². The van der Waals surface area contributed by atoms with Crippen molar-refractivity contribution in [3.05, 3.63) is 113 Å². The molecule has 2 aromatic carbocycles. The molecule has 0 fully saturated rings. The van der Waals surface area contributed by atoms with E-state index in [-0.39, 0.29) is 12.5 Å². The molecule has 3 aromatic heterocycles. The molecule has 5 aromatic rings. The van der Waals surface area contributed by atoms with Gasteiger partial charge >= 0.3 is 0 Å². The van der Waals surface area contributed by atoms with Crippen molar-refractivity contribution in [3.8, 4) is 10.4 Å². The van der Waals surface area contributed by atoms with Crippen LogP contribution in [0.4, 0.5) is 20.4 Å². The molecule has 12 heteroatoms. The van der Waals surface area contributed by atoms with Gasteiger partial charge in [-0.15, -0.1) is 11.3 Å². The SMILES string of the molecule is CN/C=C\C(N)=Nc1ncnc2ccc(-c3ccc(CNc4ncccc4C(=O)NCc4ccc(F)c(F)c4)s3)cc12. The minimum atomic E-state index is -0.964. The van der Waals surface area contributed by atoms with E-state index >= 15 is 0 Å². The Hall–Kier alpha value is -5.23. The number of anilines is 1. The van der Waals surface area contributed by atoms with Gasteiger partial charge in [-0.2, -0.15) is 0 Å². The highest BCUT2D eigenvalue weighted by Crippen LogP contribution is 2.33. The number of amides is 1. The van der Waals surface area contributed by atoms with Crippen LogP contribution < -0.4 is 21.7 Å². The van der Waals surface area contributed by atoms with Crippen LogP contribution in [-0.2, 0) is 13.1 Å². The lowest BCUT2D eigenvalue weighted by molar-refractivity contribution is 0.0951. The highest BCUT2D eigenvalue weighted by Gasteiger charge is 2.14. The fraction of sp³-hybridized carbons (Fsp3) is 0.100. The van der Waals surface area contributed by atoms with E-state index in [0.717, 1.165) is 38.4 Å². The Kier molecular flexibility index (Phi) is 8.73. The second kappa shape index (κ2) is 13.0. The predicted molar refractivity (Wildman–Crippen MR) is 161 cm³/mol. The average Bonchev–Trinajstić information content (AvgIpc) is 3.49.